The van der Waals surface area contributed by atoms with Gasteiger partial charge in [-0.05, 0) is 49.1 Å². The van der Waals surface area contributed by atoms with Crippen LogP contribution in [0.4, 0.5) is 0 Å². The van der Waals surface area contributed by atoms with Crippen molar-refractivity contribution < 1.29 is 19.1 Å². The van der Waals surface area contributed by atoms with Gasteiger partial charge in [0.1, 0.15) is 17.5 Å². The van der Waals surface area contributed by atoms with Crippen LogP contribution in [0.5, 0.6) is 5.75 Å². The van der Waals surface area contributed by atoms with E-state index in [1.807, 2.05) is 30.3 Å². The first-order chi connectivity index (χ1) is 18.0. The summed E-state index contributed by atoms with van der Waals surface area (Å²) in [7, 11) is 1.58. The number of H-pyrrole nitrogens is 1. The maximum Gasteiger partial charge on any atom is 0.271 e. The predicted octanol–water partition coefficient (Wildman–Crippen LogP) is 2.21. The Labute approximate surface area is 215 Å². The van der Waals surface area contributed by atoms with Crippen molar-refractivity contribution >= 4 is 28.6 Å². The standard InChI is InChI=1S/C28H29N5O4/c1-3-20(12-17-9-11-30-26(17)34)31-27(35)24-13-19(18-6-5-10-29-15-18)16-33(24)28(36)23-14-21-22(32-23)7-4-8-25(21)37-2/h1,4-8,10,14-15,17,19-20,24,32H,9,11-13,16H2,2H3,(H,30,34)(H,31,35). The van der Waals surface area contributed by atoms with E-state index in [2.05, 4.69) is 26.5 Å². The summed E-state index contributed by atoms with van der Waals surface area (Å²) in [6.07, 6.45) is 10.7. The van der Waals surface area contributed by atoms with Crippen molar-refractivity contribution in [3.05, 3.63) is 60.0 Å². The van der Waals surface area contributed by atoms with E-state index in [4.69, 9.17) is 11.2 Å². The Balaban J connectivity index is 1.40. The Morgan fingerprint density at radius 1 is 1.32 bits per heavy atom. The van der Waals surface area contributed by atoms with Crippen LogP contribution in [-0.2, 0) is 9.59 Å². The number of nitrogens with one attached hydrogen (secondary N) is 3. The fourth-order valence-electron chi connectivity index (χ4n) is 5.33. The zero-order valence-corrected chi connectivity index (χ0v) is 20.6. The molecule has 9 nitrogen and oxygen atoms in total. The van der Waals surface area contributed by atoms with Gasteiger partial charge in [0.15, 0.2) is 0 Å². The third kappa shape index (κ3) is 4.87. The fourth-order valence-corrected chi connectivity index (χ4v) is 5.33. The lowest BCUT2D eigenvalue weighted by Crippen LogP contribution is -2.49. The Hall–Kier alpha value is -4.32. The lowest BCUT2D eigenvalue weighted by atomic mass is 9.96. The van der Waals surface area contributed by atoms with Gasteiger partial charge in [0.05, 0.1) is 13.2 Å². The maximum absolute atomic E-state index is 13.7. The number of hydrogen-bond acceptors (Lipinski definition) is 5. The molecule has 0 spiro atoms. The maximum atomic E-state index is 13.7. The van der Waals surface area contributed by atoms with Gasteiger partial charge in [-0.1, -0.05) is 18.1 Å². The van der Waals surface area contributed by atoms with Crippen LogP contribution in [0.25, 0.3) is 10.9 Å². The van der Waals surface area contributed by atoms with E-state index in [-0.39, 0.29) is 29.6 Å². The normalized spacial score (nSPS) is 21.9. The molecule has 0 bridgehead atoms. The first-order valence-corrected chi connectivity index (χ1v) is 12.4. The molecular weight excluding hydrogens is 470 g/mol. The van der Waals surface area contributed by atoms with Gasteiger partial charge in [-0.3, -0.25) is 19.4 Å². The fraction of sp³-hybridized carbons (Fsp3) is 0.357. The number of pyridine rings is 1. The van der Waals surface area contributed by atoms with Gasteiger partial charge >= 0.3 is 0 Å². The van der Waals surface area contributed by atoms with E-state index in [9.17, 15) is 14.4 Å². The van der Waals surface area contributed by atoms with Crippen molar-refractivity contribution in [2.24, 2.45) is 5.92 Å². The van der Waals surface area contributed by atoms with Crippen molar-refractivity contribution in [1.82, 2.24) is 25.5 Å². The third-order valence-electron chi connectivity index (χ3n) is 7.30. The summed E-state index contributed by atoms with van der Waals surface area (Å²) in [6, 6.07) is 9.79. The highest BCUT2D eigenvalue weighted by Gasteiger charge is 2.41. The molecule has 0 saturated carbocycles. The second-order valence-corrected chi connectivity index (χ2v) is 9.54. The first-order valence-electron chi connectivity index (χ1n) is 12.4. The number of carbonyl (C=O) groups excluding carboxylic acids is 3. The van der Waals surface area contributed by atoms with E-state index < -0.39 is 12.1 Å². The molecule has 4 unspecified atom stereocenters. The summed E-state index contributed by atoms with van der Waals surface area (Å²) in [5.74, 6) is 2.33. The summed E-state index contributed by atoms with van der Waals surface area (Å²) in [4.78, 5) is 48.3. The van der Waals surface area contributed by atoms with Gasteiger partial charge in [0.2, 0.25) is 11.8 Å². The van der Waals surface area contributed by atoms with Gasteiger partial charge in [0.25, 0.3) is 5.91 Å². The van der Waals surface area contributed by atoms with Gasteiger partial charge < -0.3 is 25.3 Å². The number of fused-ring (bicyclic) bond motifs is 1. The van der Waals surface area contributed by atoms with Crippen LogP contribution in [0.15, 0.2) is 48.8 Å². The number of methoxy groups -OCH3 is 1. The van der Waals surface area contributed by atoms with Crippen molar-refractivity contribution in [2.45, 2.75) is 37.3 Å². The van der Waals surface area contributed by atoms with E-state index >= 15 is 0 Å². The molecule has 2 saturated heterocycles. The number of aromatic nitrogens is 2. The second-order valence-electron chi connectivity index (χ2n) is 9.54. The van der Waals surface area contributed by atoms with Crippen molar-refractivity contribution in [1.29, 1.82) is 0 Å². The molecule has 1 aromatic carbocycles. The summed E-state index contributed by atoms with van der Waals surface area (Å²) < 4.78 is 5.44. The molecule has 3 N–H and O–H groups in total. The van der Waals surface area contributed by atoms with Gasteiger partial charge in [0, 0.05) is 48.2 Å². The minimum Gasteiger partial charge on any atom is -0.496 e. The van der Waals surface area contributed by atoms with E-state index in [1.54, 1.807) is 30.5 Å². The Bertz CT molecular complexity index is 1360. The molecule has 4 atom stereocenters. The van der Waals surface area contributed by atoms with Crippen LogP contribution in [0, 0.1) is 18.3 Å². The van der Waals surface area contributed by atoms with Crippen molar-refractivity contribution in [3.8, 4) is 18.1 Å². The Morgan fingerprint density at radius 3 is 2.89 bits per heavy atom. The molecule has 2 fully saturated rings. The predicted molar refractivity (Wildman–Crippen MR) is 138 cm³/mol. The van der Waals surface area contributed by atoms with Crippen LogP contribution in [0.1, 0.15) is 41.2 Å². The highest BCUT2D eigenvalue weighted by Crippen LogP contribution is 2.34. The minimum atomic E-state index is -0.723. The molecule has 0 aliphatic carbocycles. The number of ether oxygens (including phenoxy) is 1. The molecule has 2 aliphatic heterocycles. The molecule has 4 heterocycles. The number of aromatic amines is 1. The van der Waals surface area contributed by atoms with Crippen molar-refractivity contribution in [2.75, 3.05) is 20.2 Å². The number of rotatable bonds is 7. The number of nitrogens with zero attached hydrogens (tertiary/aromatic N) is 2. The largest absolute Gasteiger partial charge is 0.496 e. The van der Waals surface area contributed by atoms with E-state index in [0.717, 1.165) is 16.5 Å². The van der Waals surface area contributed by atoms with Gasteiger partial charge in [-0.2, -0.15) is 0 Å². The SMILES string of the molecule is C#CC(CC1CCNC1=O)NC(=O)C1CC(c2cccnc2)CN1C(=O)c1cc2c(OC)cccc2[nH]1. The van der Waals surface area contributed by atoms with Crippen LogP contribution in [0.3, 0.4) is 0 Å². The van der Waals surface area contributed by atoms with Crippen molar-refractivity contribution in [3.63, 3.8) is 0 Å². The summed E-state index contributed by atoms with van der Waals surface area (Å²) in [5.41, 5.74) is 2.11. The smallest absolute Gasteiger partial charge is 0.271 e. The Kier molecular flexibility index (Phi) is 6.82. The second kappa shape index (κ2) is 10.3. The number of terminal acetylenes is 1. The summed E-state index contributed by atoms with van der Waals surface area (Å²) in [6.45, 7) is 0.975. The molecular formula is C28H29N5O4. The zero-order valence-electron chi connectivity index (χ0n) is 20.6. The number of benzene rings is 1. The quantitative estimate of drug-likeness (QED) is 0.431. The molecule has 37 heavy (non-hydrogen) atoms. The van der Waals surface area contributed by atoms with Crippen LogP contribution in [-0.4, -0.2) is 64.9 Å². The van der Waals surface area contributed by atoms with Gasteiger partial charge in [-0.25, -0.2) is 0 Å². The molecule has 5 rings (SSSR count). The summed E-state index contributed by atoms with van der Waals surface area (Å²) in [5, 5.41) is 6.51. The van der Waals surface area contributed by atoms with Crippen LogP contribution in [0.2, 0.25) is 0 Å². The molecule has 3 aromatic rings. The first kappa shape index (κ1) is 24.4. The number of hydrogen-bond donors (Lipinski definition) is 3. The highest BCUT2D eigenvalue weighted by atomic mass is 16.5. The number of carbonyl (C=O) groups is 3. The molecule has 3 amide bonds. The van der Waals surface area contributed by atoms with E-state index in [1.165, 1.54) is 0 Å². The topological polar surface area (TPSA) is 116 Å². The molecule has 9 heteroatoms. The van der Waals surface area contributed by atoms with E-state index in [0.29, 0.717) is 43.8 Å². The molecule has 2 aliphatic rings. The number of likely N-dealkylation sites (tertiary alicyclic amines) is 1. The lowest BCUT2D eigenvalue weighted by Gasteiger charge is -2.25. The van der Waals surface area contributed by atoms with Crippen LogP contribution >= 0.6 is 0 Å². The average molecular weight is 500 g/mol. The average Bonchev–Trinajstić information content (AvgIpc) is 3.66. The highest BCUT2D eigenvalue weighted by molar-refractivity contribution is 6.02. The Morgan fingerprint density at radius 2 is 2.19 bits per heavy atom. The molecule has 2 aromatic heterocycles. The minimum absolute atomic E-state index is 0.0435. The molecule has 190 valence electrons. The zero-order chi connectivity index (χ0) is 25.9. The molecule has 0 radical (unpaired) electrons. The van der Waals surface area contributed by atoms with Gasteiger partial charge in [-0.15, -0.1) is 6.42 Å². The number of amides is 3. The third-order valence-corrected chi connectivity index (χ3v) is 7.30. The van der Waals surface area contributed by atoms with Crippen LogP contribution < -0.4 is 15.4 Å². The monoisotopic (exact) mass is 499 g/mol. The summed E-state index contributed by atoms with van der Waals surface area (Å²) >= 11 is 0. The lowest BCUT2D eigenvalue weighted by molar-refractivity contribution is -0.126.